The van der Waals surface area contributed by atoms with Crippen molar-refractivity contribution in [1.82, 2.24) is 14.3 Å². The fourth-order valence-corrected chi connectivity index (χ4v) is 6.71. The van der Waals surface area contributed by atoms with Gasteiger partial charge in [-0.15, -0.1) is 0 Å². The molecule has 0 bridgehead atoms. The van der Waals surface area contributed by atoms with Gasteiger partial charge in [-0.2, -0.15) is 4.31 Å². The summed E-state index contributed by atoms with van der Waals surface area (Å²) in [5.41, 5.74) is 0.507. The minimum absolute atomic E-state index is 0.206. The van der Waals surface area contributed by atoms with Crippen molar-refractivity contribution in [2.45, 2.75) is 62.3 Å². The van der Waals surface area contributed by atoms with Crippen molar-refractivity contribution >= 4 is 27.3 Å². The third-order valence-corrected chi connectivity index (χ3v) is 9.15. The second-order valence-electron chi connectivity index (χ2n) is 9.90. The molecule has 192 valence electrons. The Balaban J connectivity index is 1.63. The molecule has 5 rings (SSSR count). The fourth-order valence-electron chi connectivity index (χ4n) is 5.03. The van der Waals surface area contributed by atoms with Gasteiger partial charge in [0.1, 0.15) is 23.3 Å². The highest BCUT2D eigenvalue weighted by atomic mass is 35.5. The number of nitrogens with one attached hydrogen (secondary N) is 1. The summed E-state index contributed by atoms with van der Waals surface area (Å²) in [6.45, 7) is 5.06. The van der Waals surface area contributed by atoms with Gasteiger partial charge in [0.25, 0.3) is 0 Å². The number of aromatic amines is 1. The Bertz CT molecular complexity index is 1310. The van der Waals surface area contributed by atoms with Gasteiger partial charge in [0.15, 0.2) is 0 Å². The molecule has 2 aliphatic rings. The van der Waals surface area contributed by atoms with Gasteiger partial charge in [0, 0.05) is 41.8 Å². The summed E-state index contributed by atoms with van der Waals surface area (Å²) in [5, 5.41) is 12.2. The number of anilines is 1. The van der Waals surface area contributed by atoms with Crippen LogP contribution >= 0.6 is 11.6 Å². The number of H-pyrrole nitrogens is 1. The molecule has 0 saturated carbocycles. The van der Waals surface area contributed by atoms with Crippen molar-refractivity contribution in [2.24, 2.45) is 0 Å². The van der Waals surface area contributed by atoms with E-state index < -0.39 is 27.8 Å². The van der Waals surface area contributed by atoms with Gasteiger partial charge in [-0.25, -0.2) is 13.4 Å². The summed E-state index contributed by atoms with van der Waals surface area (Å²) >= 11 is 6.17. The summed E-state index contributed by atoms with van der Waals surface area (Å²) in [4.78, 5) is 9.74. The normalized spacial score (nSPS) is 22.0. The highest BCUT2D eigenvalue weighted by Gasteiger charge is 2.46. The molecule has 1 saturated heterocycles. The van der Waals surface area contributed by atoms with Crippen LogP contribution in [0.4, 0.5) is 5.69 Å². The lowest BCUT2D eigenvalue weighted by Gasteiger charge is -2.47. The maximum atomic E-state index is 13.5. The molecule has 0 aliphatic carbocycles. The molecule has 10 heteroatoms. The SMILES string of the molecule is CC1(C)Oc2ccc(S(=O)(=O)N3CCCCC3)cc2[C@@H](N(Cc2ncc[nH]2)c2ccc(Cl)cc2)[C@@H]1O. The van der Waals surface area contributed by atoms with Crippen LogP contribution in [0.2, 0.25) is 5.02 Å². The van der Waals surface area contributed by atoms with Crippen molar-refractivity contribution in [3.05, 3.63) is 71.3 Å². The van der Waals surface area contributed by atoms with E-state index >= 15 is 0 Å². The number of hydrogen-bond acceptors (Lipinski definition) is 6. The molecule has 1 fully saturated rings. The molecule has 0 unspecified atom stereocenters. The lowest BCUT2D eigenvalue weighted by atomic mass is 9.85. The predicted octanol–water partition coefficient (Wildman–Crippen LogP) is 4.52. The number of aliphatic hydroxyl groups excluding tert-OH is 1. The van der Waals surface area contributed by atoms with Gasteiger partial charge in [0.2, 0.25) is 10.0 Å². The molecule has 0 radical (unpaired) electrons. The van der Waals surface area contributed by atoms with E-state index in [9.17, 15) is 13.5 Å². The van der Waals surface area contributed by atoms with Crippen LogP contribution < -0.4 is 9.64 Å². The smallest absolute Gasteiger partial charge is 0.243 e. The highest BCUT2D eigenvalue weighted by Crippen LogP contribution is 2.46. The topological polar surface area (TPSA) is 98.8 Å². The number of ether oxygens (including phenoxy) is 1. The van der Waals surface area contributed by atoms with Gasteiger partial charge >= 0.3 is 0 Å². The molecule has 1 aromatic heterocycles. The number of halogens is 1. The van der Waals surface area contributed by atoms with E-state index in [0.29, 0.717) is 41.8 Å². The molecule has 0 amide bonds. The minimum Gasteiger partial charge on any atom is -0.485 e. The van der Waals surface area contributed by atoms with E-state index in [1.165, 1.54) is 0 Å². The Hall–Kier alpha value is -2.59. The third-order valence-electron chi connectivity index (χ3n) is 7.01. The number of rotatable bonds is 6. The molecule has 8 nitrogen and oxygen atoms in total. The zero-order valence-electron chi connectivity index (χ0n) is 20.4. The molecule has 0 spiro atoms. The Morgan fingerprint density at radius 2 is 1.89 bits per heavy atom. The van der Waals surface area contributed by atoms with Crippen LogP contribution in [0.5, 0.6) is 5.75 Å². The molecule has 2 atom stereocenters. The zero-order valence-corrected chi connectivity index (χ0v) is 22.0. The number of nitrogens with zero attached hydrogens (tertiary/aromatic N) is 3. The molecule has 3 aromatic rings. The van der Waals surface area contributed by atoms with E-state index in [1.54, 1.807) is 47.0 Å². The first-order valence-electron chi connectivity index (χ1n) is 12.2. The first-order chi connectivity index (χ1) is 17.2. The number of fused-ring (bicyclic) bond motifs is 1. The number of aliphatic hydroxyl groups is 1. The van der Waals surface area contributed by atoms with Gasteiger partial charge in [0.05, 0.1) is 17.5 Å². The second-order valence-corrected chi connectivity index (χ2v) is 12.3. The predicted molar refractivity (Wildman–Crippen MR) is 139 cm³/mol. The zero-order chi connectivity index (χ0) is 25.5. The van der Waals surface area contributed by atoms with Crippen LogP contribution in [-0.2, 0) is 16.6 Å². The highest BCUT2D eigenvalue weighted by molar-refractivity contribution is 7.89. The maximum absolute atomic E-state index is 13.5. The van der Waals surface area contributed by atoms with Crippen molar-refractivity contribution < 1.29 is 18.3 Å². The van der Waals surface area contributed by atoms with Crippen LogP contribution in [-0.4, -0.2) is 52.6 Å². The molecular weight excluding hydrogens is 500 g/mol. The summed E-state index contributed by atoms with van der Waals surface area (Å²) in [7, 11) is -3.67. The minimum atomic E-state index is -3.67. The fraction of sp³-hybridized carbons (Fsp3) is 0.423. The first kappa shape index (κ1) is 25.1. The monoisotopic (exact) mass is 530 g/mol. The van der Waals surface area contributed by atoms with Crippen LogP contribution in [0.1, 0.15) is 50.5 Å². The Morgan fingerprint density at radius 1 is 1.17 bits per heavy atom. The van der Waals surface area contributed by atoms with Gasteiger partial charge in [-0.3, -0.25) is 0 Å². The van der Waals surface area contributed by atoms with Gasteiger partial charge in [-0.05, 0) is 69.2 Å². The quantitative estimate of drug-likeness (QED) is 0.486. The lowest BCUT2D eigenvalue weighted by Crippen LogP contribution is -2.53. The average Bonchev–Trinajstić information content (AvgIpc) is 3.38. The maximum Gasteiger partial charge on any atom is 0.243 e. The third kappa shape index (κ3) is 4.72. The van der Waals surface area contributed by atoms with Crippen molar-refractivity contribution in [1.29, 1.82) is 0 Å². The Morgan fingerprint density at radius 3 is 2.56 bits per heavy atom. The molecule has 2 aromatic carbocycles. The van der Waals surface area contributed by atoms with Crippen LogP contribution in [0, 0.1) is 0 Å². The largest absolute Gasteiger partial charge is 0.485 e. The summed E-state index contributed by atoms with van der Waals surface area (Å²) < 4.78 is 34.7. The van der Waals surface area contributed by atoms with E-state index in [4.69, 9.17) is 16.3 Å². The van der Waals surface area contributed by atoms with E-state index in [1.807, 2.05) is 30.9 Å². The number of hydrogen-bond donors (Lipinski definition) is 2. The molecular formula is C26H31ClN4O4S. The lowest BCUT2D eigenvalue weighted by molar-refractivity contribution is -0.0591. The summed E-state index contributed by atoms with van der Waals surface area (Å²) in [5.74, 6) is 1.26. The standard InChI is InChI=1S/C26H31ClN4O4S/c1-26(2)25(32)24(31(17-23-28-12-13-29-23)19-8-6-18(27)7-9-19)21-16-20(10-11-22(21)35-26)36(33,34)30-14-4-3-5-15-30/h6-13,16,24-25,32H,3-5,14-15,17H2,1-2H3,(H,28,29)/t24-,25+/m1/s1. The number of aromatic nitrogens is 2. The number of imidazole rings is 1. The van der Waals surface area contributed by atoms with Crippen molar-refractivity contribution in [3.8, 4) is 5.75 Å². The van der Waals surface area contributed by atoms with E-state index in [-0.39, 0.29) is 4.90 Å². The average molecular weight is 531 g/mol. The van der Waals surface area contributed by atoms with Gasteiger partial charge in [-0.1, -0.05) is 18.0 Å². The summed E-state index contributed by atoms with van der Waals surface area (Å²) in [6.07, 6.45) is 5.21. The van der Waals surface area contributed by atoms with Crippen LogP contribution in [0.3, 0.4) is 0 Å². The number of piperidine rings is 1. The molecule has 36 heavy (non-hydrogen) atoms. The number of benzene rings is 2. The summed E-state index contributed by atoms with van der Waals surface area (Å²) in [6, 6.07) is 11.7. The first-order valence-corrected chi connectivity index (χ1v) is 14.0. The van der Waals surface area contributed by atoms with Crippen LogP contribution in [0.15, 0.2) is 59.8 Å². The number of sulfonamides is 1. The van der Waals surface area contributed by atoms with E-state index in [2.05, 4.69) is 9.97 Å². The molecule has 2 aliphatic heterocycles. The van der Waals surface area contributed by atoms with Crippen LogP contribution in [0.25, 0.3) is 0 Å². The molecule has 3 heterocycles. The van der Waals surface area contributed by atoms with Crippen molar-refractivity contribution in [3.63, 3.8) is 0 Å². The molecule has 2 N–H and O–H groups in total. The Labute approximate surface area is 216 Å². The van der Waals surface area contributed by atoms with Crippen molar-refractivity contribution in [2.75, 3.05) is 18.0 Å². The second kappa shape index (κ2) is 9.70. The van der Waals surface area contributed by atoms with E-state index in [0.717, 1.165) is 24.9 Å². The van der Waals surface area contributed by atoms with Gasteiger partial charge < -0.3 is 19.7 Å². The Kier molecular flexibility index (Phi) is 6.76.